The second-order valence-corrected chi connectivity index (χ2v) is 4.46. The standard InChI is InChI=1S/C9H18N2O/c1-7-5-6-11(8(12)10-7)9(2,3)4/h7H,5-6H2,1-4H3,(H,10,12). The van der Waals surface area contributed by atoms with Crippen LogP contribution in [0, 0.1) is 0 Å². The summed E-state index contributed by atoms with van der Waals surface area (Å²) >= 11 is 0. The minimum Gasteiger partial charge on any atom is -0.335 e. The number of nitrogens with one attached hydrogen (secondary N) is 1. The van der Waals surface area contributed by atoms with Gasteiger partial charge in [0.05, 0.1) is 0 Å². The molecule has 1 atom stereocenters. The van der Waals surface area contributed by atoms with Gasteiger partial charge in [-0.25, -0.2) is 4.79 Å². The predicted molar refractivity (Wildman–Crippen MR) is 49.1 cm³/mol. The fourth-order valence-electron chi connectivity index (χ4n) is 1.43. The quantitative estimate of drug-likeness (QED) is 0.588. The van der Waals surface area contributed by atoms with Crippen molar-refractivity contribution in [2.45, 2.75) is 45.7 Å². The lowest BCUT2D eigenvalue weighted by atomic mass is 10.0. The summed E-state index contributed by atoms with van der Waals surface area (Å²) in [7, 11) is 0. The topological polar surface area (TPSA) is 32.3 Å². The summed E-state index contributed by atoms with van der Waals surface area (Å²) in [5.41, 5.74) is -0.0514. The van der Waals surface area contributed by atoms with Gasteiger partial charge in [0.15, 0.2) is 0 Å². The number of amides is 2. The first-order valence-electron chi connectivity index (χ1n) is 4.49. The van der Waals surface area contributed by atoms with Crippen LogP contribution in [0.5, 0.6) is 0 Å². The molecule has 1 fully saturated rings. The molecule has 0 radical (unpaired) electrons. The first-order chi connectivity index (χ1) is 5.41. The van der Waals surface area contributed by atoms with Crippen molar-refractivity contribution in [3.8, 4) is 0 Å². The van der Waals surface area contributed by atoms with Gasteiger partial charge in [-0.05, 0) is 34.1 Å². The fourth-order valence-corrected chi connectivity index (χ4v) is 1.43. The smallest absolute Gasteiger partial charge is 0.318 e. The molecule has 0 aliphatic carbocycles. The highest BCUT2D eigenvalue weighted by Crippen LogP contribution is 2.17. The van der Waals surface area contributed by atoms with Crippen molar-refractivity contribution < 1.29 is 4.79 Å². The van der Waals surface area contributed by atoms with E-state index in [1.54, 1.807) is 0 Å². The molecule has 0 aromatic heterocycles. The van der Waals surface area contributed by atoms with E-state index < -0.39 is 0 Å². The zero-order chi connectivity index (χ0) is 9.35. The molecule has 1 unspecified atom stereocenters. The summed E-state index contributed by atoms with van der Waals surface area (Å²) in [5.74, 6) is 0. The molecule has 0 spiro atoms. The Morgan fingerprint density at radius 3 is 2.50 bits per heavy atom. The average Bonchev–Trinajstić information content (AvgIpc) is 1.83. The monoisotopic (exact) mass is 170 g/mol. The lowest BCUT2D eigenvalue weighted by molar-refractivity contribution is 0.122. The molecule has 2 amide bonds. The minimum absolute atomic E-state index is 0.0514. The lowest BCUT2D eigenvalue weighted by Gasteiger charge is -2.40. The third-order valence-corrected chi connectivity index (χ3v) is 2.21. The number of carbonyl (C=O) groups excluding carboxylic acids is 1. The van der Waals surface area contributed by atoms with Crippen molar-refractivity contribution in [1.82, 2.24) is 10.2 Å². The first kappa shape index (κ1) is 9.36. The van der Waals surface area contributed by atoms with Gasteiger partial charge in [-0.1, -0.05) is 0 Å². The normalized spacial score (nSPS) is 25.5. The number of carbonyl (C=O) groups is 1. The molecule has 1 rings (SSSR count). The third-order valence-electron chi connectivity index (χ3n) is 2.21. The van der Waals surface area contributed by atoms with Crippen molar-refractivity contribution in [2.24, 2.45) is 0 Å². The molecule has 0 bridgehead atoms. The van der Waals surface area contributed by atoms with Crippen LogP contribution in [-0.4, -0.2) is 29.1 Å². The third kappa shape index (κ3) is 1.90. The highest BCUT2D eigenvalue weighted by Gasteiger charge is 2.30. The Bertz CT molecular complexity index is 183. The molecule has 1 aliphatic rings. The van der Waals surface area contributed by atoms with Crippen LogP contribution in [0.25, 0.3) is 0 Å². The van der Waals surface area contributed by atoms with Crippen LogP contribution < -0.4 is 5.32 Å². The van der Waals surface area contributed by atoms with Gasteiger partial charge in [-0.3, -0.25) is 0 Å². The zero-order valence-electron chi connectivity index (χ0n) is 8.35. The Labute approximate surface area is 74.1 Å². The number of hydrogen-bond donors (Lipinski definition) is 1. The highest BCUT2D eigenvalue weighted by atomic mass is 16.2. The summed E-state index contributed by atoms with van der Waals surface area (Å²) in [6, 6.07) is 0.400. The van der Waals surface area contributed by atoms with Crippen LogP contribution in [0.1, 0.15) is 34.1 Å². The van der Waals surface area contributed by atoms with Gasteiger partial charge in [0.1, 0.15) is 0 Å². The molecule has 1 heterocycles. The Morgan fingerprint density at radius 1 is 1.50 bits per heavy atom. The Balaban J connectivity index is 2.63. The molecule has 12 heavy (non-hydrogen) atoms. The van der Waals surface area contributed by atoms with Crippen molar-refractivity contribution in [3.05, 3.63) is 0 Å². The van der Waals surface area contributed by atoms with E-state index in [1.807, 2.05) is 11.8 Å². The predicted octanol–water partition coefficient (Wildman–Crippen LogP) is 1.59. The summed E-state index contributed by atoms with van der Waals surface area (Å²) in [6.45, 7) is 9.09. The van der Waals surface area contributed by atoms with Crippen molar-refractivity contribution in [3.63, 3.8) is 0 Å². The SMILES string of the molecule is CC1CCN(C(C)(C)C)C(=O)N1. The molecule has 1 N–H and O–H groups in total. The van der Waals surface area contributed by atoms with Gasteiger partial charge in [0, 0.05) is 18.1 Å². The average molecular weight is 170 g/mol. The van der Waals surface area contributed by atoms with Gasteiger partial charge in [-0.15, -0.1) is 0 Å². The van der Waals surface area contributed by atoms with E-state index in [2.05, 4.69) is 26.1 Å². The van der Waals surface area contributed by atoms with E-state index >= 15 is 0 Å². The van der Waals surface area contributed by atoms with Crippen LogP contribution in [0.3, 0.4) is 0 Å². The van der Waals surface area contributed by atoms with Crippen LogP contribution >= 0.6 is 0 Å². The maximum Gasteiger partial charge on any atom is 0.318 e. The summed E-state index contributed by atoms with van der Waals surface area (Å²) < 4.78 is 0. The highest BCUT2D eigenvalue weighted by molar-refractivity contribution is 5.76. The van der Waals surface area contributed by atoms with Gasteiger partial charge in [-0.2, -0.15) is 0 Å². The van der Waals surface area contributed by atoms with Crippen molar-refractivity contribution >= 4 is 6.03 Å². The summed E-state index contributed by atoms with van der Waals surface area (Å²) in [4.78, 5) is 13.3. The Hall–Kier alpha value is -0.730. The van der Waals surface area contributed by atoms with E-state index in [1.165, 1.54) is 0 Å². The number of rotatable bonds is 0. The first-order valence-corrected chi connectivity index (χ1v) is 4.49. The van der Waals surface area contributed by atoms with Gasteiger partial charge >= 0.3 is 6.03 Å². The van der Waals surface area contributed by atoms with Crippen LogP contribution in [-0.2, 0) is 0 Å². The molecule has 0 aromatic rings. The minimum atomic E-state index is -0.0514. The molecular formula is C9H18N2O. The molecule has 0 saturated carbocycles. The molecule has 0 aromatic carbocycles. The van der Waals surface area contributed by atoms with Crippen molar-refractivity contribution in [1.29, 1.82) is 0 Å². The summed E-state index contributed by atoms with van der Waals surface area (Å²) in [5, 5.41) is 2.92. The molecular weight excluding hydrogens is 152 g/mol. The van der Waals surface area contributed by atoms with Gasteiger partial charge < -0.3 is 10.2 Å². The summed E-state index contributed by atoms with van der Waals surface area (Å²) in [6.07, 6.45) is 1.04. The van der Waals surface area contributed by atoms with E-state index in [9.17, 15) is 4.79 Å². The zero-order valence-corrected chi connectivity index (χ0v) is 8.35. The van der Waals surface area contributed by atoms with E-state index in [0.717, 1.165) is 13.0 Å². The number of hydrogen-bond acceptors (Lipinski definition) is 1. The Kier molecular flexibility index (Phi) is 2.31. The maximum absolute atomic E-state index is 11.5. The largest absolute Gasteiger partial charge is 0.335 e. The van der Waals surface area contributed by atoms with E-state index in [0.29, 0.717) is 6.04 Å². The fraction of sp³-hybridized carbons (Fsp3) is 0.889. The number of nitrogens with zero attached hydrogens (tertiary/aromatic N) is 1. The van der Waals surface area contributed by atoms with Crippen LogP contribution in [0.15, 0.2) is 0 Å². The lowest BCUT2D eigenvalue weighted by Crippen LogP contribution is -2.57. The van der Waals surface area contributed by atoms with Crippen LogP contribution in [0.2, 0.25) is 0 Å². The maximum atomic E-state index is 11.5. The molecule has 1 aliphatic heterocycles. The number of urea groups is 1. The molecule has 1 saturated heterocycles. The second-order valence-electron chi connectivity index (χ2n) is 4.46. The van der Waals surface area contributed by atoms with Gasteiger partial charge in [0.2, 0.25) is 0 Å². The Morgan fingerprint density at radius 2 is 2.08 bits per heavy atom. The molecule has 3 nitrogen and oxygen atoms in total. The van der Waals surface area contributed by atoms with E-state index in [4.69, 9.17) is 0 Å². The van der Waals surface area contributed by atoms with E-state index in [-0.39, 0.29) is 11.6 Å². The van der Waals surface area contributed by atoms with Crippen molar-refractivity contribution in [2.75, 3.05) is 6.54 Å². The van der Waals surface area contributed by atoms with Gasteiger partial charge in [0.25, 0.3) is 0 Å². The molecule has 70 valence electrons. The molecule has 3 heteroatoms. The van der Waals surface area contributed by atoms with Crippen LogP contribution in [0.4, 0.5) is 4.79 Å². The second kappa shape index (κ2) is 2.96.